The summed E-state index contributed by atoms with van der Waals surface area (Å²) in [6, 6.07) is 9.19. The fraction of sp³-hybridized carbons (Fsp3) is 0.393. The van der Waals surface area contributed by atoms with Crippen LogP contribution in [0.5, 0.6) is 5.75 Å². The average Bonchev–Trinajstić information content (AvgIpc) is 3.31. The Balaban J connectivity index is 1.52. The van der Waals surface area contributed by atoms with Gasteiger partial charge in [-0.05, 0) is 38.1 Å². The fourth-order valence-corrected chi connectivity index (χ4v) is 5.54. The number of anilines is 4. The number of ether oxygens (including phenoxy) is 1. The van der Waals surface area contributed by atoms with E-state index in [0.29, 0.717) is 42.5 Å². The van der Waals surface area contributed by atoms with Crippen LogP contribution in [0.3, 0.4) is 0 Å². The van der Waals surface area contributed by atoms with Crippen molar-refractivity contribution in [2.24, 2.45) is 0 Å². The van der Waals surface area contributed by atoms with E-state index in [9.17, 15) is 20.0 Å². The third kappa shape index (κ3) is 5.09. The van der Waals surface area contributed by atoms with Crippen LogP contribution in [0.1, 0.15) is 39.5 Å². The maximum Gasteiger partial charge on any atom is 0.339 e. The number of carboxylic acid groups (broad SMARTS) is 1. The molecule has 0 bridgehead atoms. The molecule has 5 rings (SSSR count). The fourth-order valence-electron chi connectivity index (χ4n) is 5.54. The largest absolute Gasteiger partial charge is 0.494 e. The lowest BCUT2D eigenvalue weighted by Gasteiger charge is -2.26. The van der Waals surface area contributed by atoms with Gasteiger partial charge in [-0.2, -0.15) is 0 Å². The van der Waals surface area contributed by atoms with Gasteiger partial charge in [0.1, 0.15) is 17.0 Å². The Bertz CT molecular complexity index is 1460. The molecule has 2 N–H and O–H groups in total. The van der Waals surface area contributed by atoms with Gasteiger partial charge in [-0.25, -0.2) is 14.8 Å². The number of nitro groups is 1. The molecule has 0 amide bonds. The number of nitro benzene ring substituents is 1. The number of methoxy groups -OCH3 is 1. The number of rotatable bonds is 10. The van der Waals surface area contributed by atoms with E-state index >= 15 is 0 Å². The Labute approximate surface area is 232 Å². The Morgan fingerprint density at radius 1 is 1.27 bits per heavy atom. The molecule has 3 aromatic rings. The number of nitrogens with one attached hydrogen (secondary N) is 1. The molecule has 1 atom stereocenters. The lowest BCUT2D eigenvalue weighted by Crippen LogP contribution is -2.29. The summed E-state index contributed by atoms with van der Waals surface area (Å²) in [7, 11) is 7.16. The van der Waals surface area contributed by atoms with E-state index in [2.05, 4.69) is 26.3 Å². The molecule has 2 aromatic carbocycles. The van der Waals surface area contributed by atoms with Crippen molar-refractivity contribution in [3.8, 4) is 5.75 Å². The number of likely N-dealkylation sites (N-methyl/N-ethyl adjacent to an activating group) is 2. The van der Waals surface area contributed by atoms with Gasteiger partial charge in [0.05, 0.1) is 23.4 Å². The molecule has 12 heteroatoms. The van der Waals surface area contributed by atoms with Crippen LogP contribution in [0.25, 0.3) is 0 Å². The van der Waals surface area contributed by atoms with Gasteiger partial charge >= 0.3 is 5.97 Å². The van der Waals surface area contributed by atoms with Crippen LogP contribution in [0.4, 0.5) is 28.7 Å². The van der Waals surface area contributed by atoms with Gasteiger partial charge in [-0.15, -0.1) is 0 Å². The SMILES string of the molecule is COc1cc(N(C)CCN(C)C)c([N+](=O)[O-])cc1Nc1ncc(C(=O)O)c(C2CN3CCCc4cccc2c43)n1. The highest BCUT2D eigenvalue weighted by molar-refractivity contribution is 5.89. The predicted molar refractivity (Wildman–Crippen MR) is 153 cm³/mol. The Kier molecular flexibility index (Phi) is 7.44. The van der Waals surface area contributed by atoms with Gasteiger partial charge in [-0.1, -0.05) is 18.2 Å². The molecule has 0 fully saturated rings. The van der Waals surface area contributed by atoms with Crippen molar-refractivity contribution in [2.45, 2.75) is 18.8 Å². The third-order valence-electron chi connectivity index (χ3n) is 7.53. The lowest BCUT2D eigenvalue weighted by atomic mass is 9.92. The zero-order valence-corrected chi connectivity index (χ0v) is 23.0. The van der Waals surface area contributed by atoms with Crippen molar-refractivity contribution in [1.82, 2.24) is 14.9 Å². The molecule has 40 heavy (non-hydrogen) atoms. The first-order valence-corrected chi connectivity index (χ1v) is 13.1. The van der Waals surface area contributed by atoms with Gasteiger partial charge in [0.25, 0.3) is 5.69 Å². The standard InChI is InChI=1S/C28H33N7O5/c1-32(2)11-12-33(3)22-14-24(40-4)21(13-23(22)35(38)39)30-28-29-15-19(27(36)37)25(31-28)20-16-34-10-6-8-17-7-5-9-18(20)26(17)34/h5,7,9,13-15,20H,6,8,10-12,16H2,1-4H3,(H,36,37)(H,29,30,31). The highest BCUT2D eigenvalue weighted by atomic mass is 16.6. The first kappa shape index (κ1) is 27.1. The minimum absolute atomic E-state index is 0.0313. The highest BCUT2D eigenvalue weighted by Crippen LogP contribution is 2.45. The van der Waals surface area contributed by atoms with Crippen molar-refractivity contribution < 1.29 is 19.6 Å². The smallest absolute Gasteiger partial charge is 0.339 e. The quantitative estimate of drug-likeness (QED) is 0.284. The van der Waals surface area contributed by atoms with Gasteiger partial charge in [-0.3, -0.25) is 10.1 Å². The van der Waals surface area contributed by atoms with E-state index in [0.717, 1.165) is 24.9 Å². The van der Waals surface area contributed by atoms with Crippen molar-refractivity contribution >= 4 is 34.7 Å². The zero-order valence-electron chi connectivity index (χ0n) is 23.0. The molecular weight excluding hydrogens is 514 g/mol. The van der Waals surface area contributed by atoms with E-state index in [1.54, 1.807) is 13.1 Å². The average molecular weight is 548 g/mol. The number of aromatic carboxylic acids is 1. The Morgan fingerprint density at radius 3 is 2.77 bits per heavy atom. The number of hydrogen-bond acceptors (Lipinski definition) is 10. The van der Waals surface area contributed by atoms with Crippen molar-refractivity contribution in [2.75, 3.05) is 69.5 Å². The van der Waals surface area contributed by atoms with Crippen molar-refractivity contribution in [3.63, 3.8) is 0 Å². The second-order valence-electron chi connectivity index (χ2n) is 10.4. The van der Waals surface area contributed by atoms with E-state index in [-0.39, 0.29) is 23.1 Å². The summed E-state index contributed by atoms with van der Waals surface area (Å²) < 4.78 is 5.58. The van der Waals surface area contributed by atoms with Crippen LogP contribution in [-0.2, 0) is 6.42 Å². The van der Waals surface area contributed by atoms with Crippen LogP contribution >= 0.6 is 0 Å². The molecule has 1 aromatic heterocycles. The maximum absolute atomic E-state index is 12.2. The summed E-state index contributed by atoms with van der Waals surface area (Å²) in [6.45, 7) is 2.83. The molecule has 0 saturated carbocycles. The molecule has 2 aliphatic heterocycles. The number of carboxylic acids is 1. The molecule has 0 spiro atoms. The highest BCUT2D eigenvalue weighted by Gasteiger charge is 2.36. The summed E-state index contributed by atoms with van der Waals surface area (Å²) in [5.74, 6) is -0.845. The van der Waals surface area contributed by atoms with E-state index in [1.165, 1.54) is 30.6 Å². The Hall–Kier alpha value is -4.45. The number of hydrogen-bond donors (Lipinski definition) is 2. The monoisotopic (exact) mass is 547 g/mol. The van der Waals surface area contributed by atoms with E-state index in [4.69, 9.17) is 4.74 Å². The number of nitrogens with zero attached hydrogens (tertiary/aromatic N) is 6. The van der Waals surface area contributed by atoms with E-state index in [1.807, 2.05) is 36.0 Å². The van der Waals surface area contributed by atoms with Crippen LogP contribution < -0.4 is 19.9 Å². The van der Waals surface area contributed by atoms with Gasteiger partial charge in [0.2, 0.25) is 5.95 Å². The van der Waals surface area contributed by atoms with Gasteiger partial charge in [0.15, 0.2) is 0 Å². The van der Waals surface area contributed by atoms with Crippen molar-refractivity contribution in [3.05, 3.63) is 69.0 Å². The summed E-state index contributed by atoms with van der Waals surface area (Å²) in [6.07, 6.45) is 3.33. The number of para-hydroxylation sites is 1. The first-order valence-electron chi connectivity index (χ1n) is 13.1. The molecule has 0 aliphatic carbocycles. The molecule has 3 heterocycles. The van der Waals surface area contributed by atoms with Crippen LogP contribution in [0.15, 0.2) is 36.5 Å². The normalized spacial score (nSPS) is 15.6. The second kappa shape index (κ2) is 11.0. The number of aromatic nitrogens is 2. The van der Waals surface area contributed by atoms with Crippen LogP contribution in [0, 0.1) is 10.1 Å². The minimum atomic E-state index is -1.11. The first-order chi connectivity index (χ1) is 19.2. The summed E-state index contributed by atoms with van der Waals surface area (Å²) in [5, 5.41) is 25.0. The number of benzene rings is 2. The van der Waals surface area contributed by atoms with Crippen molar-refractivity contribution in [1.29, 1.82) is 0 Å². The summed E-state index contributed by atoms with van der Waals surface area (Å²) in [5.41, 5.74) is 4.56. The zero-order chi connectivity index (χ0) is 28.6. The van der Waals surface area contributed by atoms with Crippen LogP contribution in [-0.4, -0.2) is 85.3 Å². The van der Waals surface area contributed by atoms with Gasteiger partial charge in [0, 0.05) is 63.2 Å². The molecule has 2 aliphatic rings. The third-order valence-corrected chi connectivity index (χ3v) is 7.53. The molecule has 12 nitrogen and oxygen atoms in total. The number of carbonyl (C=O) groups is 1. The predicted octanol–water partition coefficient (Wildman–Crippen LogP) is 3.73. The topological polar surface area (TPSA) is 137 Å². The Morgan fingerprint density at radius 2 is 2.08 bits per heavy atom. The second-order valence-corrected chi connectivity index (χ2v) is 10.4. The van der Waals surface area contributed by atoms with Gasteiger partial charge < -0.3 is 29.9 Å². The summed E-state index contributed by atoms with van der Waals surface area (Å²) in [4.78, 5) is 38.8. The maximum atomic E-state index is 12.2. The summed E-state index contributed by atoms with van der Waals surface area (Å²) >= 11 is 0. The molecule has 0 radical (unpaired) electrons. The lowest BCUT2D eigenvalue weighted by molar-refractivity contribution is -0.384. The van der Waals surface area contributed by atoms with E-state index < -0.39 is 10.9 Å². The molecule has 210 valence electrons. The molecular formula is C28H33N7O5. The molecule has 0 saturated heterocycles. The van der Waals surface area contributed by atoms with Crippen LogP contribution in [0.2, 0.25) is 0 Å². The number of aryl methyl sites for hydroxylation is 1. The molecule has 1 unspecified atom stereocenters. The minimum Gasteiger partial charge on any atom is -0.494 e.